The van der Waals surface area contributed by atoms with E-state index in [-0.39, 0.29) is 5.91 Å². The lowest BCUT2D eigenvalue weighted by Gasteiger charge is -2.41. The number of benzene rings is 1. The first-order chi connectivity index (χ1) is 13.8. The summed E-state index contributed by atoms with van der Waals surface area (Å²) in [6.45, 7) is 4.95. The Morgan fingerprint density at radius 3 is 2.50 bits per heavy atom. The Balaban J connectivity index is 1.05. The third-order valence-corrected chi connectivity index (χ3v) is 6.57. The molecule has 0 aromatic heterocycles. The van der Waals surface area contributed by atoms with Crippen LogP contribution in [-0.2, 0) is 9.53 Å². The van der Waals surface area contributed by atoms with Gasteiger partial charge in [0.2, 0.25) is 0 Å². The third kappa shape index (κ3) is 3.96. The average molecular weight is 383 g/mol. The fraction of sp³-hybridized carbons (Fsp3) is 0.609. The first-order valence-corrected chi connectivity index (χ1v) is 10.9. The zero-order valence-electron chi connectivity index (χ0n) is 16.5. The summed E-state index contributed by atoms with van der Waals surface area (Å²) in [6.07, 6.45) is 9.35. The van der Waals surface area contributed by atoms with Gasteiger partial charge in [-0.2, -0.15) is 0 Å². The molecule has 0 spiro atoms. The highest BCUT2D eigenvalue weighted by Crippen LogP contribution is 2.40. The summed E-state index contributed by atoms with van der Waals surface area (Å²) in [7, 11) is 0. The smallest absolute Gasteiger partial charge is 0.289 e. The quantitative estimate of drug-likeness (QED) is 0.692. The Hall–Kier alpha value is -1.85. The van der Waals surface area contributed by atoms with Gasteiger partial charge in [-0.25, -0.2) is 0 Å². The molecule has 5 nitrogen and oxygen atoms in total. The van der Waals surface area contributed by atoms with Gasteiger partial charge in [0.1, 0.15) is 5.75 Å². The summed E-state index contributed by atoms with van der Waals surface area (Å²) in [5.41, 5.74) is 1.38. The van der Waals surface area contributed by atoms with E-state index in [1.807, 2.05) is 23.1 Å². The summed E-state index contributed by atoms with van der Waals surface area (Å²) in [5.74, 6) is 1.98. The maximum atomic E-state index is 12.7. The van der Waals surface area contributed by atoms with Gasteiger partial charge < -0.3 is 19.3 Å². The van der Waals surface area contributed by atoms with E-state index in [4.69, 9.17) is 9.47 Å². The van der Waals surface area contributed by atoms with Crippen LogP contribution >= 0.6 is 0 Å². The van der Waals surface area contributed by atoms with Gasteiger partial charge in [0.25, 0.3) is 5.91 Å². The molecule has 0 N–H and O–H groups in total. The minimum atomic E-state index is 0.0202. The molecule has 0 radical (unpaired) electrons. The van der Waals surface area contributed by atoms with E-state index in [1.54, 1.807) is 0 Å². The Labute approximate surface area is 167 Å². The summed E-state index contributed by atoms with van der Waals surface area (Å²) < 4.78 is 11.9. The minimum absolute atomic E-state index is 0.0202. The Morgan fingerprint density at radius 2 is 1.79 bits per heavy atom. The van der Waals surface area contributed by atoms with E-state index in [9.17, 15) is 4.79 Å². The summed E-state index contributed by atoms with van der Waals surface area (Å²) in [4.78, 5) is 17.1. The van der Waals surface area contributed by atoms with Gasteiger partial charge in [0.05, 0.1) is 12.7 Å². The average Bonchev–Trinajstić information content (AvgIpc) is 3.29. The van der Waals surface area contributed by atoms with Crippen LogP contribution in [0.4, 0.5) is 0 Å². The maximum Gasteiger partial charge on any atom is 0.289 e. The molecule has 2 saturated carbocycles. The van der Waals surface area contributed by atoms with Gasteiger partial charge >= 0.3 is 0 Å². The van der Waals surface area contributed by atoms with Crippen LogP contribution in [0.5, 0.6) is 5.75 Å². The Kier molecular flexibility index (Phi) is 5.12. The van der Waals surface area contributed by atoms with Crippen molar-refractivity contribution in [2.75, 3.05) is 32.8 Å². The molecule has 1 saturated heterocycles. The summed E-state index contributed by atoms with van der Waals surface area (Å²) in [6, 6.07) is 8.51. The summed E-state index contributed by atoms with van der Waals surface area (Å²) >= 11 is 0. The zero-order valence-corrected chi connectivity index (χ0v) is 16.5. The van der Waals surface area contributed by atoms with Crippen LogP contribution in [0.1, 0.15) is 50.0 Å². The molecule has 1 aromatic carbocycles. The molecule has 1 amide bonds. The third-order valence-electron chi connectivity index (χ3n) is 6.57. The van der Waals surface area contributed by atoms with Gasteiger partial charge in [0, 0.05) is 19.1 Å². The van der Waals surface area contributed by atoms with Crippen LogP contribution in [0.3, 0.4) is 0 Å². The Bertz CT molecular complexity index is 729. The molecule has 0 bridgehead atoms. The molecule has 1 aromatic rings. The van der Waals surface area contributed by atoms with Crippen molar-refractivity contribution in [3.8, 4) is 5.75 Å². The zero-order chi connectivity index (χ0) is 18.9. The lowest BCUT2D eigenvalue weighted by Crippen LogP contribution is -2.49. The second-order valence-corrected chi connectivity index (χ2v) is 8.64. The SMILES string of the molecule is O=C1C(Oc2ccc(C3CC3)cc2)=CCN1C1CC(OCCN2CCCC2)C1. The van der Waals surface area contributed by atoms with Gasteiger partial charge in [-0.15, -0.1) is 0 Å². The molecule has 5 rings (SSSR count). The van der Waals surface area contributed by atoms with Gasteiger partial charge in [0.15, 0.2) is 5.76 Å². The number of rotatable bonds is 8. The maximum absolute atomic E-state index is 12.7. The van der Waals surface area contributed by atoms with Crippen molar-refractivity contribution in [2.45, 2.75) is 56.6 Å². The van der Waals surface area contributed by atoms with E-state index in [2.05, 4.69) is 17.0 Å². The number of nitrogens with zero attached hydrogens (tertiary/aromatic N) is 2. The highest BCUT2D eigenvalue weighted by molar-refractivity contribution is 5.94. The van der Waals surface area contributed by atoms with Gasteiger partial charge in [-0.1, -0.05) is 12.1 Å². The Morgan fingerprint density at radius 1 is 1.04 bits per heavy atom. The predicted octanol–water partition coefficient (Wildman–Crippen LogP) is 3.31. The van der Waals surface area contributed by atoms with Crippen molar-refractivity contribution in [1.82, 2.24) is 9.80 Å². The van der Waals surface area contributed by atoms with E-state index >= 15 is 0 Å². The highest BCUT2D eigenvalue weighted by atomic mass is 16.5. The van der Waals surface area contributed by atoms with Crippen molar-refractivity contribution < 1.29 is 14.3 Å². The van der Waals surface area contributed by atoms with Crippen molar-refractivity contribution in [3.63, 3.8) is 0 Å². The minimum Gasteiger partial charge on any atom is -0.452 e. The van der Waals surface area contributed by atoms with E-state index in [0.717, 1.165) is 37.7 Å². The van der Waals surface area contributed by atoms with Crippen LogP contribution in [0.2, 0.25) is 0 Å². The van der Waals surface area contributed by atoms with Crippen LogP contribution in [0.15, 0.2) is 36.1 Å². The highest BCUT2D eigenvalue weighted by Gasteiger charge is 2.40. The van der Waals surface area contributed by atoms with E-state index in [1.165, 1.54) is 44.3 Å². The van der Waals surface area contributed by atoms with Gasteiger partial charge in [-0.05, 0) is 81.3 Å². The molecular weight excluding hydrogens is 352 g/mol. The lowest BCUT2D eigenvalue weighted by molar-refractivity contribution is -0.135. The van der Waals surface area contributed by atoms with Crippen molar-refractivity contribution in [1.29, 1.82) is 0 Å². The fourth-order valence-corrected chi connectivity index (χ4v) is 4.53. The topological polar surface area (TPSA) is 42.0 Å². The number of amides is 1. The van der Waals surface area contributed by atoms with Crippen LogP contribution < -0.4 is 4.74 Å². The molecule has 0 unspecified atom stereocenters. The number of hydrogen-bond acceptors (Lipinski definition) is 4. The standard InChI is InChI=1S/C23H30N2O3/c26-23-22(28-20-7-5-18(6-8-20)17-3-4-17)9-12-25(23)19-15-21(16-19)27-14-13-24-10-1-2-11-24/h5-9,17,19,21H,1-4,10-16H2. The molecule has 2 heterocycles. The van der Waals surface area contributed by atoms with Crippen LogP contribution in [-0.4, -0.2) is 60.6 Å². The number of carbonyl (C=O) groups is 1. The summed E-state index contributed by atoms with van der Waals surface area (Å²) in [5, 5.41) is 0. The number of likely N-dealkylation sites (tertiary alicyclic amines) is 1. The largest absolute Gasteiger partial charge is 0.452 e. The monoisotopic (exact) mass is 382 g/mol. The molecule has 2 aliphatic carbocycles. The molecule has 5 heteroatoms. The van der Waals surface area contributed by atoms with Crippen molar-refractivity contribution in [2.24, 2.45) is 0 Å². The normalized spacial score (nSPS) is 27.8. The fourth-order valence-electron chi connectivity index (χ4n) is 4.53. The molecule has 4 aliphatic rings. The second-order valence-electron chi connectivity index (χ2n) is 8.64. The first-order valence-electron chi connectivity index (χ1n) is 10.9. The predicted molar refractivity (Wildman–Crippen MR) is 107 cm³/mol. The first kappa shape index (κ1) is 18.2. The molecule has 28 heavy (non-hydrogen) atoms. The van der Waals surface area contributed by atoms with Gasteiger partial charge in [-0.3, -0.25) is 4.79 Å². The number of hydrogen-bond donors (Lipinski definition) is 0. The lowest BCUT2D eigenvalue weighted by atomic mass is 9.88. The van der Waals surface area contributed by atoms with Crippen LogP contribution in [0.25, 0.3) is 0 Å². The second kappa shape index (κ2) is 7.88. The number of carbonyl (C=O) groups excluding carboxylic acids is 1. The molecule has 150 valence electrons. The van der Waals surface area contributed by atoms with Crippen LogP contribution in [0, 0.1) is 0 Å². The number of ether oxygens (including phenoxy) is 2. The molecule has 0 atom stereocenters. The van der Waals surface area contributed by atoms with E-state index in [0.29, 0.717) is 24.4 Å². The molecule has 2 aliphatic heterocycles. The van der Waals surface area contributed by atoms with Crippen molar-refractivity contribution >= 4 is 5.91 Å². The molecule has 3 fully saturated rings. The van der Waals surface area contributed by atoms with E-state index < -0.39 is 0 Å². The molecular formula is C23H30N2O3. The van der Waals surface area contributed by atoms with Crippen molar-refractivity contribution in [3.05, 3.63) is 41.7 Å².